The zero-order chi connectivity index (χ0) is 19.8. The van der Waals surface area contributed by atoms with Gasteiger partial charge in [-0.1, -0.05) is 42.0 Å². The number of carbonyl (C=O) groups excluding carboxylic acids is 3. The monoisotopic (exact) mass is 395 g/mol. The second kappa shape index (κ2) is 7.31. The Morgan fingerprint density at radius 1 is 1.14 bits per heavy atom. The first-order valence-electron chi connectivity index (χ1n) is 9.31. The number of fused-ring (bicyclic) bond motifs is 1. The Labute approximate surface area is 167 Å². The summed E-state index contributed by atoms with van der Waals surface area (Å²) in [5.74, 6) is -1.57. The third-order valence-corrected chi connectivity index (χ3v) is 6.15. The molecule has 6 nitrogen and oxygen atoms in total. The number of carbonyl (C=O) groups is 3. The highest BCUT2D eigenvalue weighted by atomic mass is 32.1. The molecule has 0 saturated carbocycles. The predicted octanol–water partition coefficient (Wildman–Crippen LogP) is 3.40. The number of aromatic nitrogens is 1. The molecule has 2 heterocycles. The molecule has 1 N–H and O–H groups in total. The van der Waals surface area contributed by atoms with Gasteiger partial charge >= 0.3 is 0 Å². The Kier molecular flexibility index (Phi) is 4.85. The lowest BCUT2D eigenvalue weighted by atomic mass is 9.85. The number of rotatable bonds is 4. The zero-order valence-electron chi connectivity index (χ0n) is 15.7. The number of nitrogens with zero attached hydrogens (tertiary/aromatic N) is 2. The van der Waals surface area contributed by atoms with Crippen LogP contribution < -0.4 is 5.32 Å². The summed E-state index contributed by atoms with van der Waals surface area (Å²) in [4.78, 5) is 43.6. The number of nitrogens with one attached hydrogen (secondary N) is 1. The Bertz CT molecular complexity index is 938. The highest BCUT2D eigenvalue weighted by Gasteiger charge is 2.50. The number of likely N-dealkylation sites (tertiary alicyclic amines) is 1. The van der Waals surface area contributed by atoms with Crippen molar-refractivity contribution >= 4 is 34.2 Å². The molecule has 0 bridgehead atoms. The van der Waals surface area contributed by atoms with E-state index in [0.29, 0.717) is 18.0 Å². The van der Waals surface area contributed by atoms with Gasteiger partial charge in [-0.2, -0.15) is 0 Å². The van der Waals surface area contributed by atoms with E-state index in [9.17, 15) is 14.4 Å². The Morgan fingerprint density at radius 2 is 1.75 bits per heavy atom. The lowest BCUT2D eigenvalue weighted by molar-refractivity contribution is -0.146. The summed E-state index contributed by atoms with van der Waals surface area (Å²) >= 11 is 1.32. The normalized spacial score (nSPS) is 22.3. The van der Waals surface area contributed by atoms with Crippen LogP contribution in [0.3, 0.4) is 0 Å². The smallest absolute Gasteiger partial charge is 0.249 e. The molecule has 3 atom stereocenters. The molecule has 0 spiro atoms. The highest BCUT2D eigenvalue weighted by molar-refractivity contribution is 7.14. The predicted molar refractivity (Wildman–Crippen MR) is 108 cm³/mol. The first-order valence-corrected chi connectivity index (χ1v) is 10.2. The number of amides is 3. The van der Waals surface area contributed by atoms with Gasteiger partial charge in [0.2, 0.25) is 17.7 Å². The van der Waals surface area contributed by atoms with Crippen molar-refractivity contribution in [2.24, 2.45) is 11.8 Å². The molecular weight excluding hydrogens is 374 g/mol. The maximum absolute atomic E-state index is 12.7. The quantitative estimate of drug-likeness (QED) is 0.636. The number of aryl methyl sites for hydroxylation is 1. The summed E-state index contributed by atoms with van der Waals surface area (Å²) in [7, 11) is 0. The zero-order valence-corrected chi connectivity index (χ0v) is 16.5. The van der Waals surface area contributed by atoms with Crippen molar-refractivity contribution in [2.75, 3.05) is 5.32 Å². The summed E-state index contributed by atoms with van der Waals surface area (Å²) < 4.78 is 0. The van der Waals surface area contributed by atoms with Gasteiger partial charge in [-0.3, -0.25) is 19.3 Å². The number of benzene rings is 1. The molecule has 1 saturated heterocycles. The van der Waals surface area contributed by atoms with E-state index in [1.54, 1.807) is 6.92 Å². The Balaban J connectivity index is 1.46. The standard InChI is InChI=1S/C21H21N3O3S/c1-12-7-9-14(10-8-12)17-11-28-21(22-17)23-18(25)13(2)24-19(26)15-5-3-4-6-16(15)20(24)27/h3-4,7-11,13,15-16H,5-6H2,1-2H3,(H,22,23,25)/t13-,15?,16?/m1/s1. The second-order valence-electron chi connectivity index (χ2n) is 7.27. The van der Waals surface area contributed by atoms with Crippen molar-refractivity contribution in [3.8, 4) is 11.3 Å². The Hall–Kier alpha value is -2.80. The number of hydrogen-bond acceptors (Lipinski definition) is 5. The Morgan fingerprint density at radius 3 is 2.36 bits per heavy atom. The fourth-order valence-corrected chi connectivity index (χ4v) is 4.45. The molecular formula is C21H21N3O3S. The van der Waals surface area contributed by atoms with Gasteiger partial charge in [0, 0.05) is 10.9 Å². The first kappa shape index (κ1) is 18.6. The molecule has 144 valence electrons. The highest BCUT2D eigenvalue weighted by Crippen LogP contribution is 2.36. The van der Waals surface area contributed by atoms with Gasteiger partial charge in [0.15, 0.2) is 5.13 Å². The number of anilines is 1. The lowest BCUT2D eigenvalue weighted by Gasteiger charge is -2.21. The summed E-state index contributed by atoms with van der Waals surface area (Å²) in [5.41, 5.74) is 2.91. The molecule has 1 aliphatic carbocycles. The summed E-state index contributed by atoms with van der Waals surface area (Å²) in [6, 6.07) is 7.12. The van der Waals surface area contributed by atoms with Crippen molar-refractivity contribution in [3.05, 3.63) is 47.4 Å². The van der Waals surface area contributed by atoms with Gasteiger partial charge in [0.25, 0.3) is 0 Å². The number of hydrogen-bond donors (Lipinski definition) is 1. The largest absolute Gasteiger partial charge is 0.300 e. The molecule has 4 rings (SSSR count). The molecule has 2 aliphatic rings. The van der Waals surface area contributed by atoms with E-state index in [1.165, 1.54) is 11.3 Å². The van der Waals surface area contributed by atoms with Gasteiger partial charge in [-0.15, -0.1) is 11.3 Å². The van der Waals surface area contributed by atoms with E-state index in [1.807, 2.05) is 48.7 Å². The molecule has 1 aromatic heterocycles. The van der Waals surface area contributed by atoms with Crippen LogP contribution in [0.1, 0.15) is 25.3 Å². The van der Waals surface area contributed by atoms with Crippen molar-refractivity contribution < 1.29 is 14.4 Å². The van der Waals surface area contributed by atoms with Crippen LogP contribution in [0.2, 0.25) is 0 Å². The summed E-state index contributed by atoms with van der Waals surface area (Å²) in [6.45, 7) is 3.61. The molecule has 1 aliphatic heterocycles. The van der Waals surface area contributed by atoms with Gasteiger partial charge in [0.1, 0.15) is 6.04 Å². The first-order chi connectivity index (χ1) is 13.5. The number of allylic oxidation sites excluding steroid dienone is 2. The molecule has 28 heavy (non-hydrogen) atoms. The molecule has 2 aromatic rings. The molecule has 7 heteroatoms. The van der Waals surface area contributed by atoms with E-state index in [2.05, 4.69) is 10.3 Å². The molecule has 0 radical (unpaired) electrons. The topological polar surface area (TPSA) is 79.4 Å². The van der Waals surface area contributed by atoms with Crippen LogP contribution in [0.15, 0.2) is 41.8 Å². The maximum Gasteiger partial charge on any atom is 0.249 e. The van der Waals surface area contributed by atoms with Gasteiger partial charge in [-0.25, -0.2) is 4.98 Å². The van der Waals surface area contributed by atoms with E-state index < -0.39 is 11.9 Å². The van der Waals surface area contributed by atoms with Gasteiger partial charge in [-0.05, 0) is 26.7 Å². The fraction of sp³-hybridized carbons (Fsp3) is 0.333. The maximum atomic E-state index is 12.7. The van der Waals surface area contributed by atoms with Crippen LogP contribution in [-0.4, -0.2) is 33.6 Å². The fourth-order valence-electron chi connectivity index (χ4n) is 3.72. The van der Waals surface area contributed by atoms with Crippen LogP contribution in [0.25, 0.3) is 11.3 Å². The van der Waals surface area contributed by atoms with E-state index >= 15 is 0 Å². The minimum atomic E-state index is -0.864. The lowest BCUT2D eigenvalue weighted by Crippen LogP contribution is -2.46. The third-order valence-electron chi connectivity index (χ3n) is 5.39. The average molecular weight is 395 g/mol. The van der Waals surface area contributed by atoms with Gasteiger partial charge in [0.05, 0.1) is 17.5 Å². The SMILES string of the molecule is Cc1ccc(-c2csc(NC(=O)[C@@H](C)N3C(=O)C4CC=CCC4C3=O)n2)cc1. The van der Waals surface area contributed by atoms with Crippen molar-refractivity contribution in [1.29, 1.82) is 0 Å². The van der Waals surface area contributed by atoms with Crippen LogP contribution in [0, 0.1) is 18.8 Å². The second-order valence-corrected chi connectivity index (χ2v) is 8.13. The van der Waals surface area contributed by atoms with Crippen molar-refractivity contribution in [1.82, 2.24) is 9.88 Å². The summed E-state index contributed by atoms with van der Waals surface area (Å²) in [5, 5.41) is 5.07. The van der Waals surface area contributed by atoms with E-state index in [4.69, 9.17) is 0 Å². The molecule has 1 fully saturated rings. The van der Waals surface area contributed by atoms with E-state index in [0.717, 1.165) is 21.7 Å². The van der Waals surface area contributed by atoms with Crippen LogP contribution in [0.4, 0.5) is 5.13 Å². The molecule has 2 unspecified atom stereocenters. The van der Waals surface area contributed by atoms with Crippen LogP contribution >= 0.6 is 11.3 Å². The molecule has 3 amide bonds. The van der Waals surface area contributed by atoms with E-state index in [-0.39, 0.29) is 23.7 Å². The summed E-state index contributed by atoms with van der Waals surface area (Å²) in [6.07, 6.45) is 4.99. The minimum absolute atomic E-state index is 0.249. The number of imide groups is 1. The van der Waals surface area contributed by atoms with Crippen molar-refractivity contribution in [3.63, 3.8) is 0 Å². The number of thiazole rings is 1. The van der Waals surface area contributed by atoms with Gasteiger partial charge < -0.3 is 5.32 Å². The minimum Gasteiger partial charge on any atom is -0.300 e. The van der Waals surface area contributed by atoms with Crippen LogP contribution in [0.5, 0.6) is 0 Å². The molecule has 1 aromatic carbocycles. The van der Waals surface area contributed by atoms with Crippen LogP contribution in [-0.2, 0) is 14.4 Å². The van der Waals surface area contributed by atoms with Crippen molar-refractivity contribution in [2.45, 2.75) is 32.7 Å². The average Bonchev–Trinajstić information content (AvgIpc) is 3.25. The third kappa shape index (κ3) is 3.26.